The summed E-state index contributed by atoms with van der Waals surface area (Å²) in [6, 6.07) is 14.8. The second-order valence-corrected chi connectivity index (χ2v) is 8.78. The Hall–Kier alpha value is -1.74. The summed E-state index contributed by atoms with van der Waals surface area (Å²) in [6.07, 6.45) is 6.21. The summed E-state index contributed by atoms with van der Waals surface area (Å²) in [7, 11) is 0. The van der Waals surface area contributed by atoms with Gasteiger partial charge in [-0.1, -0.05) is 62.1 Å². The summed E-state index contributed by atoms with van der Waals surface area (Å²) >= 11 is 1.87. The van der Waals surface area contributed by atoms with Crippen molar-refractivity contribution in [3.8, 4) is 0 Å². The molecule has 2 aromatic rings. The minimum absolute atomic E-state index is 0.131. The van der Waals surface area contributed by atoms with Gasteiger partial charge in [0.15, 0.2) is 0 Å². The zero-order chi connectivity index (χ0) is 19.2. The van der Waals surface area contributed by atoms with E-state index in [-0.39, 0.29) is 11.3 Å². The Morgan fingerprint density at radius 3 is 2.56 bits per heavy atom. The van der Waals surface area contributed by atoms with Gasteiger partial charge in [0.1, 0.15) is 5.37 Å². The van der Waals surface area contributed by atoms with Crippen LogP contribution in [0.2, 0.25) is 0 Å². The number of amides is 1. The fourth-order valence-corrected chi connectivity index (χ4v) is 5.12. The first kappa shape index (κ1) is 20.0. The summed E-state index contributed by atoms with van der Waals surface area (Å²) in [4.78, 5) is 15.2. The number of hydrogen-bond donors (Lipinski definition) is 0. The number of unbranched alkanes of at least 4 members (excludes halogenated alkanes) is 3. The van der Waals surface area contributed by atoms with Crippen LogP contribution in [0.1, 0.15) is 70.6 Å². The molecule has 1 fully saturated rings. The van der Waals surface area contributed by atoms with Gasteiger partial charge in [0.2, 0.25) is 0 Å². The fraction of sp³-hybridized carbons (Fsp3) is 0.458. The normalized spacial score (nSPS) is 16.7. The van der Waals surface area contributed by atoms with Crippen LogP contribution in [-0.4, -0.2) is 23.1 Å². The van der Waals surface area contributed by atoms with Gasteiger partial charge in [0.05, 0.1) is 0 Å². The Kier molecular flexibility index (Phi) is 7.01. The van der Waals surface area contributed by atoms with E-state index in [0.29, 0.717) is 0 Å². The highest BCUT2D eigenvalue weighted by Crippen LogP contribution is 2.40. The topological polar surface area (TPSA) is 20.3 Å². The molecular weight excluding hydrogens is 350 g/mol. The van der Waals surface area contributed by atoms with E-state index in [4.69, 9.17) is 0 Å². The smallest absolute Gasteiger partial charge is 0.255 e. The summed E-state index contributed by atoms with van der Waals surface area (Å²) < 4.78 is 0. The van der Waals surface area contributed by atoms with Crippen molar-refractivity contribution in [1.82, 2.24) is 4.90 Å². The van der Waals surface area contributed by atoms with Crippen LogP contribution in [0.5, 0.6) is 0 Å². The average Bonchev–Trinajstić information content (AvgIpc) is 3.14. The first-order valence-corrected chi connectivity index (χ1v) is 11.2. The Morgan fingerprint density at radius 1 is 1.07 bits per heavy atom. The maximum Gasteiger partial charge on any atom is 0.255 e. The van der Waals surface area contributed by atoms with Crippen molar-refractivity contribution >= 4 is 17.7 Å². The molecule has 27 heavy (non-hydrogen) atoms. The molecule has 0 N–H and O–H groups in total. The minimum Gasteiger partial charge on any atom is -0.322 e. The number of carbonyl (C=O) groups excluding carboxylic acids is 1. The van der Waals surface area contributed by atoms with E-state index < -0.39 is 0 Å². The van der Waals surface area contributed by atoms with E-state index in [1.807, 2.05) is 28.8 Å². The number of carbonyl (C=O) groups is 1. The number of benzene rings is 2. The SMILES string of the molecule is CCCCCCc1ccc(C(=O)N2CCSC2c2ccc(C)cc2C)cc1. The molecule has 0 spiro atoms. The van der Waals surface area contributed by atoms with E-state index in [9.17, 15) is 4.79 Å². The first-order valence-electron chi connectivity index (χ1n) is 10.2. The molecule has 3 heteroatoms. The number of hydrogen-bond acceptors (Lipinski definition) is 2. The van der Waals surface area contributed by atoms with Gasteiger partial charge in [-0.15, -0.1) is 11.8 Å². The van der Waals surface area contributed by atoms with E-state index in [1.54, 1.807) is 0 Å². The predicted octanol–water partition coefficient (Wildman–Crippen LogP) is 6.31. The highest BCUT2D eigenvalue weighted by atomic mass is 32.2. The third-order valence-electron chi connectivity index (χ3n) is 5.36. The Morgan fingerprint density at radius 2 is 1.85 bits per heavy atom. The fourth-order valence-electron chi connectivity index (χ4n) is 3.77. The lowest BCUT2D eigenvalue weighted by Gasteiger charge is -2.25. The van der Waals surface area contributed by atoms with Gasteiger partial charge >= 0.3 is 0 Å². The molecule has 2 aromatic carbocycles. The van der Waals surface area contributed by atoms with Crippen molar-refractivity contribution < 1.29 is 4.79 Å². The lowest BCUT2D eigenvalue weighted by atomic mass is 10.0. The molecule has 1 amide bonds. The van der Waals surface area contributed by atoms with E-state index >= 15 is 0 Å². The van der Waals surface area contributed by atoms with Crippen molar-refractivity contribution in [2.75, 3.05) is 12.3 Å². The second-order valence-electron chi connectivity index (χ2n) is 7.59. The number of thioether (sulfide) groups is 1. The Bertz CT molecular complexity index is 768. The summed E-state index contributed by atoms with van der Waals surface area (Å²) in [5.74, 6) is 1.15. The molecule has 0 saturated carbocycles. The Labute approximate surface area is 168 Å². The maximum atomic E-state index is 13.1. The van der Waals surface area contributed by atoms with Gasteiger partial charge in [-0.2, -0.15) is 0 Å². The molecule has 144 valence electrons. The van der Waals surface area contributed by atoms with Crippen molar-refractivity contribution in [1.29, 1.82) is 0 Å². The van der Waals surface area contributed by atoms with E-state index in [1.165, 1.54) is 47.9 Å². The van der Waals surface area contributed by atoms with Crippen LogP contribution in [0.15, 0.2) is 42.5 Å². The molecule has 1 unspecified atom stereocenters. The third kappa shape index (κ3) is 4.95. The first-order chi connectivity index (χ1) is 13.1. The van der Waals surface area contributed by atoms with Gasteiger partial charge in [0, 0.05) is 17.9 Å². The molecule has 1 atom stereocenters. The molecule has 1 heterocycles. The summed E-state index contributed by atoms with van der Waals surface area (Å²) in [5, 5.41) is 0.131. The monoisotopic (exact) mass is 381 g/mol. The molecule has 1 saturated heterocycles. The molecule has 0 bridgehead atoms. The molecule has 3 rings (SSSR count). The summed E-state index contributed by atoms with van der Waals surface area (Å²) in [5.41, 5.74) is 5.96. The number of aryl methyl sites for hydroxylation is 3. The van der Waals surface area contributed by atoms with Crippen molar-refractivity contribution in [3.63, 3.8) is 0 Å². The standard InChI is InChI=1S/C24H31NOS/c1-4-5-6-7-8-20-10-12-21(13-11-20)23(26)25-15-16-27-24(25)22-14-9-18(2)17-19(22)3/h9-14,17,24H,4-8,15-16H2,1-3H3. The third-order valence-corrected chi connectivity index (χ3v) is 6.61. The van der Waals surface area contributed by atoms with Crippen LogP contribution in [-0.2, 0) is 6.42 Å². The summed E-state index contributed by atoms with van der Waals surface area (Å²) in [6.45, 7) is 7.32. The van der Waals surface area contributed by atoms with Gasteiger partial charge in [-0.3, -0.25) is 4.79 Å². The molecule has 1 aliphatic heterocycles. The van der Waals surface area contributed by atoms with Crippen LogP contribution < -0.4 is 0 Å². The average molecular weight is 382 g/mol. The highest BCUT2D eigenvalue weighted by Gasteiger charge is 2.32. The van der Waals surface area contributed by atoms with Gasteiger partial charge < -0.3 is 4.90 Å². The van der Waals surface area contributed by atoms with Crippen LogP contribution in [0.25, 0.3) is 0 Å². The maximum absolute atomic E-state index is 13.1. The molecule has 0 aliphatic carbocycles. The molecule has 0 radical (unpaired) electrons. The molecule has 1 aliphatic rings. The quantitative estimate of drug-likeness (QED) is 0.523. The van der Waals surface area contributed by atoms with Crippen LogP contribution in [0, 0.1) is 13.8 Å². The van der Waals surface area contributed by atoms with Gasteiger partial charge in [-0.25, -0.2) is 0 Å². The minimum atomic E-state index is 0.131. The molecule has 2 nitrogen and oxygen atoms in total. The zero-order valence-electron chi connectivity index (χ0n) is 16.8. The number of rotatable bonds is 7. The van der Waals surface area contributed by atoms with E-state index in [0.717, 1.165) is 24.3 Å². The Balaban J connectivity index is 1.69. The van der Waals surface area contributed by atoms with Crippen LogP contribution >= 0.6 is 11.8 Å². The lowest BCUT2D eigenvalue weighted by molar-refractivity contribution is 0.0760. The molecule has 0 aromatic heterocycles. The van der Waals surface area contributed by atoms with Gasteiger partial charge in [-0.05, 0) is 55.5 Å². The van der Waals surface area contributed by atoms with Crippen LogP contribution in [0.3, 0.4) is 0 Å². The zero-order valence-corrected chi connectivity index (χ0v) is 17.6. The van der Waals surface area contributed by atoms with E-state index in [2.05, 4.69) is 51.1 Å². The van der Waals surface area contributed by atoms with Crippen molar-refractivity contribution in [2.24, 2.45) is 0 Å². The number of nitrogens with zero attached hydrogens (tertiary/aromatic N) is 1. The largest absolute Gasteiger partial charge is 0.322 e. The lowest BCUT2D eigenvalue weighted by Crippen LogP contribution is -2.30. The van der Waals surface area contributed by atoms with Crippen molar-refractivity contribution in [3.05, 3.63) is 70.3 Å². The predicted molar refractivity (Wildman–Crippen MR) is 116 cm³/mol. The highest BCUT2D eigenvalue weighted by molar-refractivity contribution is 7.99. The van der Waals surface area contributed by atoms with Gasteiger partial charge in [0.25, 0.3) is 5.91 Å². The van der Waals surface area contributed by atoms with Crippen LogP contribution in [0.4, 0.5) is 0 Å². The van der Waals surface area contributed by atoms with Crippen molar-refractivity contribution in [2.45, 2.75) is 58.2 Å². The molecular formula is C24H31NOS. The second kappa shape index (κ2) is 9.45.